The number of anilines is 1. The van der Waals surface area contributed by atoms with Crippen LogP contribution in [0.5, 0.6) is 0 Å². The van der Waals surface area contributed by atoms with E-state index in [1.807, 2.05) is 0 Å². The van der Waals surface area contributed by atoms with E-state index in [2.05, 4.69) is 19.5 Å². The van der Waals surface area contributed by atoms with Crippen molar-refractivity contribution in [3.8, 4) is 0 Å². The maximum absolute atomic E-state index is 10.8. The van der Waals surface area contributed by atoms with Gasteiger partial charge in [-0.1, -0.05) is 0 Å². The van der Waals surface area contributed by atoms with Crippen molar-refractivity contribution in [2.24, 2.45) is 5.50 Å². The molecule has 2 aromatic rings. The van der Waals surface area contributed by atoms with Crippen LogP contribution in [0, 0.1) is 0 Å². The third-order valence-electron chi connectivity index (χ3n) is 3.42. The first-order valence-corrected chi connectivity index (χ1v) is 8.08. The molecule has 2 aromatic heterocycles. The van der Waals surface area contributed by atoms with E-state index in [9.17, 15) is 19.7 Å². The smallest absolute Gasteiger partial charge is 0.201 e. The van der Waals surface area contributed by atoms with Crippen LogP contribution < -0.4 is 16.1 Å². The van der Waals surface area contributed by atoms with Crippen LogP contribution in [0.15, 0.2) is 12.7 Å². The zero-order valence-electron chi connectivity index (χ0n) is 11.6. The maximum atomic E-state index is 10.8. The molecule has 0 saturated carbocycles. The highest BCUT2D eigenvalue weighted by atomic mass is 31.2. The average molecular weight is 345 g/mol. The number of nitrogens with two attached hydrogens (primary N) is 2. The molecular weight excluding hydrogens is 331 g/mol. The number of rotatable bonds is 4. The monoisotopic (exact) mass is 345 g/mol. The van der Waals surface area contributed by atoms with Crippen molar-refractivity contribution in [2.75, 3.05) is 12.3 Å². The molecule has 126 valence electrons. The van der Waals surface area contributed by atoms with Crippen molar-refractivity contribution in [3.63, 3.8) is 0 Å². The quantitative estimate of drug-likeness (QED) is 0.426. The van der Waals surface area contributed by atoms with E-state index in [1.165, 1.54) is 17.2 Å². The molecule has 3 rings (SSSR count). The summed E-state index contributed by atoms with van der Waals surface area (Å²) in [5.74, 6) is 0.150. The van der Waals surface area contributed by atoms with Gasteiger partial charge in [-0.25, -0.2) is 15.0 Å². The summed E-state index contributed by atoms with van der Waals surface area (Å²) in [6, 6.07) is 0. The zero-order chi connectivity index (χ0) is 16.8. The standard InChI is InChI=1S/C10H15N6O6P/c11-8-5-9(14-2-13-8)16(3-15-5)10-7(18)6(17)4(22-10)1-21-23(12,19)20/h2-4,6-7,10,17-18H,1H2,(H2,11,13,14)(H3,12,19,20)/p-1/t4-,6-,7-,10-/m1/s1. The molecule has 1 saturated heterocycles. The summed E-state index contributed by atoms with van der Waals surface area (Å²) in [4.78, 5) is 22.7. The highest BCUT2D eigenvalue weighted by Gasteiger charge is 2.44. The van der Waals surface area contributed by atoms with Gasteiger partial charge in [0.15, 0.2) is 17.7 Å². The van der Waals surface area contributed by atoms with Gasteiger partial charge in [-0.15, -0.1) is 0 Å². The van der Waals surface area contributed by atoms with Gasteiger partial charge >= 0.3 is 0 Å². The number of nitrogens with zero attached hydrogens (tertiary/aromatic N) is 4. The van der Waals surface area contributed by atoms with Crippen molar-refractivity contribution in [2.45, 2.75) is 24.5 Å². The molecule has 1 aliphatic heterocycles. The van der Waals surface area contributed by atoms with E-state index in [4.69, 9.17) is 16.0 Å². The molecular formula is C10H14N6O6P-. The molecule has 0 radical (unpaired) electrons. The normalized spacial score (nSPS) is 30.6. The van der Waals surface area contributed by atoms with E-state index in [-0.39, 0.29) is 5.82 Å². The fraction of sp³-hybridized carbons (Fsp3) is 0.500. The number of aliphatic hydroxyl groups excluding tert-OH is 2. The van der Waals surface area contributed by atoms with E-state index in [0.29, 0.717) is 11.2 Å². The molecule has 0 bridgehead atoms. The largest absolute Gasteiger partial charge is 0.766 e. The van der Waals surface area contributed by atoms with E-state index in [1.54, 1.807) is 0 Å². The van der Waals surface area contributed by atoms with Crippen molar-refractivity contribution in [3.05, 3.63) is 12.7 Å². The van der Waals surface area contributed by atoms with Crippen LogP contribution in [0.4, 0.5) is 5.82 Å². The van der Waals surface area contributed by atoms with E-state index < -0.39 is 38.9 Å². The number of fused-ring (bicyclic) bond motifs is 1. The zero-order valence-corrected chi connectivity index (χ0v) is 12.5. The fourth-order valence-corrected chi connectivity index (χ4v) is 2.68. The van der Waals surface area contributed by atoms with E-state index in [0.717, 1.165) is 0 Å². The van der Waals surface area contributed by atoms with Gasteiger partial charge in [0.2, 0.25) is 7.75 Å². The van der Waals surface area contributed by atoms with Crippen molar-refractivity contribution in [1.29, 1.82) is 0 Å². The second kappa shape index (κ2) is 5.76. The molecule has 5 atom stereocenters. The first-order valence-electron chi connectivity index (χ1n) is 6.46. The van der Waals surface area contributed by atoms with Gasteiger partial charge in [0.05, 0.1) is 12.9 Å². The number of aromatic nitrogens is 4. The predicted octanol–water partition coefficient (Wildman–Crippen LogP) is -2.53. The Kier molecular flexibility index (Phi) is 4.06. The van der Waals surface area contributed by atoms with Gasteiger partial charge < -0.3 is 30.1 Å². The minimum Gasteiger partial charge on any atom is -0.766 e. The third kappa shape index (κ3) is 3.05. The molecule has 23 heavy (non-hydrogen) atoms. The van der Waals surface area contributed by atoms with Crippen LogP contribution >= 0.6 is 7.75 Å². The van der Waals surface area contributed by atoms with Crippen LogP contribution in [0.2, 0.25) is 0 Å². The summed E-state index contributed by atoms with van der Waals surface area (Å²) in [6.07, 6.45) is -2.36. The number of hydrogen-bond donors (Lipinski definition) is 4. The summed E-state index contributed by atoms with van der Waals surface area (Å²) < 4.78 is 22.1. The van der Waals surface area contributed by atoms with Gasteiger partial charge in [0, 0.05) is 0 Å². The van der Waals surface area contributed by atoms with Crippen LogP contribution in [0.1, 0.15) is 6.23 Å². The minimum atomic E-state index is -4.47. The first-order chi connectivity index (χ1) is 10.8. The maximum Gasteiger partial charge on any atom is 0.201 e. The number of hydrogen-bond acceptors (Lipinski definition) is 10. The number of nitrogen functional groups attached to an aromatic ring is 1. The predicted molar refractivity (Wildman–Crippen MR) is 73.4 cm³/mol. The van der Waals surface area contributed by atoms with Crippen molar-refractivity contribution in [1.82, 2.24) is 19.5 Å². The molecule has 6 N–H and O–H groups in total. The van der Waals surface area contributed by atoms with Crippen LogP contribution in [0.3, 0.4) is 0 Å². The Hall–Kier alpha value is -1.66. The first kappa shape index (κ1) is 16.2. The van der Waals surface area contributed by atoms with Gasteiger partial charge in [0.25, 0.3) is 0 Å². The lowest BCUT2D eigenvalue weighted by Crippen LogP contribution is -2.34. The third-order valence-corrected chi connectivity index (χ3v) is 3.93. The molecule has 0 aliphatic carbocycles. The van der Waals surface area contributed by atoms with Crippen LogP contribution in [-0.4, -0.2) is 54.7 Å². The number of aliphatic hydroxyl groups is 2. The number of imidazole rings is 1. The molecule has 12 nitrogen and oxygen atoms in total. The summed E-state index contributed by atoms with van der Waals surface area (Å²) in [7, 11) is -4.47. The summed E-state index contributed by atoms with van der Waals surface area (Å²) in [5.41, 5.74) is 11.0. The Morgan fingerprint density at radius 1 is 1.39 bits per heavy atom. The molecule has 1 unspecified atom stereocenters. The van der Waals surface area contributed by atoms with Gasteiger partial charge in [-0.05, 0) is 0 Å². The fourth-order valence-electron chi connectivity index (χ4n) is 2.33. The number of ether oxygens (including phenoxy) is 1. The molecule has 0 spiro atoms. The van der Waals surface area contributed by atoms with Crippen molar-refractivity contribution >= 4 is 24.7 Å². The Balaban J connectivity index is 1.85. The van der Waals surface area contributed by atoms with Gasteiger partial charge in [-0.3, -0.25) is 14.6 Å². The summed E-state index contributed by atoms with van der Waals surface area (Å²) in [6.45, 7) is -0.532. The van der Waals surface area contributed by atoms with Crippen molar-refractivity contribution < 1.29 is 28.9 Å². The lowest BCUT2D eigenvalue weighted by atomic mass is 10.1. The lowest BCUT2D eigenvalue weighted by Gasteiger charge is -2.21. The average Bonchev–Trinajstić information content (AvgIpc) is 3.01. The Morgan fingerprint density at radius 2 is 2.13 bits per heavy atom. The second-order valence-electron chi connectivity index (χ2n) is 4.96. The Morgan fingerprint density at radius 3 is 2.83 bits per heavy atom. The van der Waals surface area contributed by atoms with Gasteiger partial charge in [0.1, 0.15) is 30.2 Å². The molecule has 13 heteroatoms. The highest BCUT2D eigenvalue weighted by Crippen LogP contribution is 2.34. The molecule has 1 fully saturated rings. The Labute approximate surface area is 129 Å². The van der Waals surface area contributed by atoms with Gasteiger partial charge in [-0.2, -0.15) is 0 Å². The summed E-state index contributed by atoms with van der Waals surface area (Å²) >= 11 is 0. The van der Waals surface area contributed by atoms with Crippen LogP contribution in [0.25, 0.3) is 11.2 Å². The second-order valence-corrected chi connectivity index (χ2v) is 6.30. The minimum absolute atomic E-state index is 0.150. The molecule has 1 aliphatic rings. The SMILES string of the molecule is Nc1ncnc2c1ncn2[C@@H]1O[C@H](COP(N)(=O)[O-])[C@@H](O)[C@H]1O. The Bertz CT molecular complexity index is 763. The lowest BCUT2D eigenvalue weighted by molar-refractivity contribution is -0.202. The molecule has 0 amide bonds. The van der Waals surface area contributed by atoms with E-state index >= 15 is 0 Å². The van der Waals surface area contributed by atoms with Crippen LogP contribution in [-0.2, 0) is 13.8 Å². The highest BCUT2D eigenvalue weighted by molar-refractivity contribution is 7.48. The summed E-state index contributed by atoms with van der Waals surface area (Å²) in [5, 5.41) is 20.1. The topological polar surface area (TPSA) is 195 Å². The molecule has 3 heterocycles. The molecule has 0 aromatic carbocycles.